The average Bonchev–Trinajstić information content (AvgIpc) is 2.64. The first-order valence-corrected chi connectivity index (χ1v) is 9.88. The van der Waals surface area contributed by atoms with Crippen LogP contribution in [0.5, 0.6) is 5.88 Å². The average molecular weight is 384 g/mol. The molecule has 0 atom stereocenters. The molecule has 0 radical (unpaired) electrons. The molecular formula is C19H20N4O3S. The van der Waals surface area contributed by atoms with Gasteiger partial charge in [-0.3, -0.25) is 4.72 Å². The number of aryl methyl sites for hydroxylation is 1. The van der Waals surface area contributed by atoms with Crippen molar-refractivity contribution in [3.05, 3.63) is 66.5 Å². The number of nitrogens with one attached hydrogen (secondary N) is 2. The summed E-state index contributed by atoms with van der Waals surface area (Å²) in [7, 11) is -3.61. The molecule has 1 heterocycles. The highest BCUT2D eigenvalue weighted by molar-refractivity contribution is 7.92. The van der Waals surface area contributed by atoms with Crippen LogP contribution in [0.15, 0.2) is 65.6 Å². The van der Waals surface area contributed by atoms with Crippen LogP contribution in [0.3, 0.4) is 0 Å². The predicted molar refractivity (Wildman–Crippen MR) is 105 cm³/mol. The second kappa shape index (κ2) is 8.05. The summed E-state index contributed by atoms with van der Waals surface area (Å²) in [5.74, 6) is 1.69. The molecule has 0 bridgehead atoms. The lowest BCUT2D eigenvalue weighted by molar-refractivity contribution is 0.325. The summed E-state index contributed by atoms with van der Waals surface area (Å²) < 4.78 is 32.7. The number of ether oxygens (including phenoxy) is 1. The highest BCUT2D eigenvalue weighted by atomic mass is 32.2. The molecule has 0 unspecified atom stereocenters. The molecule has 140 valence electrons. The lowest BCUT2D eigenvalue weighted by Crippen LogP contribution is -2.12. The van der Waals surface area contributed by atoms with Gasteiger partial charge in [-0.1, -0.05) is 18.2 Å². The Balaban J connectivity index is 1.73. The molecule has 0 saturated carbocycles. The van der Waals surface area contributed by atoms with Crippen molar-refractivity contribution in [2.24, 2.45) is 0 Å². The molecule has 2 N–H and O–H groups in total. The minimum Gasteiger partial charge on any atom is -0.478 e. The van der Waals surface area contributed by atoms with E-state index >= 15 is 0 Å². The zero-order chi connectivity index (χ0) is 19.3. The van der Waals surface area contributed by atoms with Crippen LogP contribution in [-0.2, 0) is 10.0 Å². The van der Waals surface area contributed by atoms with Crippen LogP contribution in [0.2, 0.25) is 0 Å². The summed E-state index contributed by atoms with van der Waals surface area (Å²) in [5, 5.41) is 3.16. The molecule has 8 heteroatoms. The number of benzene rings is 2. The minimum atomic E-state index is -3.61. The summed E-state index contributed by atoms with van der Waals surface area (Å²) in [6.45, 7) is 4.20. The number of anilines is 3. The molecule has 0 fully saturated rings. The van der Waals surface area contributed by atoms with Gasteiger partial charge in [-0.25, -0.2) is 13.4 Å². The Morgan fingerprint density at radius 1 is 0.963 bits per heavy atom. The van der Waals surface area contributed by atoms with Gasteiger partial charge in [0.2, 0.25) is 5.88 Å². The van der Waals surface area contributed by atoms with Crippen LogP contribution in [0, 0.1) is 6.92 Å². The number of aromatic nitrogens is 2. The Bertz CT molecular complexity index is 1010. The second-order valence-corrected chi connectivity index (χ2v) is 7.37. The Labute approximate surface area is 158 Å². The van der Waals surface area contributed by atoms with E-state index in [2.05, 4.69) is 20.0 Å². The van der Waals surface area contributed by atoms with Gasteiger partial charge in [-0.15, -0.1) is 0 Å². The molecule has 3 aromatic rings. The summed E-state index contributed by atoms with van der Waals surface area (Å²) in [5.41, 5.74) is 1.23. The van der Waals surface area contributed by atoms with Crippen molar-refractivity contribution in [1.29, 1.82) is 0 Å². The standard InChI is InChI=1S/C19H20N4O3S/c1-3-26-19-13-18(20-14(2)21-19)22-15-9-11-16(12-10-15)23-27(24,25)17-7-5-4-6-8-17/h4-13,23H,3H2,1-2H3,(H,20,21,22). The SMILES string of the molecule is CCOc1cc(Nc2ccc(NS(=O)(=O)c3ccccc3)cc2)nc(C)n1. The van der Waals surface area contributed by atoms with Gasteiger partial charge < -0.3 is 10.1 Å². The van der Waals surface area contributed by atoms with Crippen molar-refractivity contribution in [3.63, 3.8) is 0 Å². The van der Waals surface area contributed by atoms with Crippen LogP contribution in [0.1, 0.15) is 12.7 Å². The number of sulfonamides is 1. The van der Waals surface area contributed by atoms with E-state index in [0.29, 0.717) is 29.8 Å². The van der Waals surface area contributed by atoms with Crippen molar-refractivity contribution >= 4 is 27.2 Å². The van der Waals surface area contributed by atoms with Crippen molar-refractivity contribution in [1.82, 2.24) is 9.97 Å². The van der Waals surface area contributed by atoms with Crippen molar-refractivity contribution < 1.29 is 13.2 Å². The van der Waals surface area contributed by atoms with Gasteiger partial charge in [0.1, 0.15) is 11.6 Å². The third-order valence-electron chi connectivity index (χ3n) is 3.57. The second-order valence-electron chi connectivity index (χ2n) is 5.69. The van der Waals surface area contributed by atoms with E-state index in [1.165, 1.54) is 0 Å². The molecule has 27 heavy (non-hydrogen) atoms. The summed E-state index contributed by atoms with van der Waals surface area (Å²) >= 11 is 0. The first-order valence-electron chi connectivity index (χ1n) is 8.40. The van der Waals surface area contributed by atoms with Crippen LogP contribution in [0.25, 0.3) is 0 Å². The zero-order valence-corrected chi connectivity index (χ0v) is 15.8. The van der Waals surface area contributed by atoms with E-state index in [1.54, 1.807) is 67.6 Å². The smallest absolute Gasteiger partial charge is 0.261 e. The first kappa shape index (κ1) is 18.7. The zero-order valence-electron chi connectivity index (χ0n) is 15.0. The quantitative estimate of drug-likeness (QED) is 0.645. The number of hydrogen-bond acceptors (Lipinski definition) is 6. The maximum absolute atomic E-state index is 12.4. The number of hydrogen-bond donors (Lipinski definition) is 2. The Kier molecular flexibility index (Phi) is 5.56. The van der Waals surface area contributed by atoms with Gasteiger partial charge in [0, 0.05) is 17.4 Å². The Morgan fingerprint density at radius 3 is 2.30 bits per heavy atom. The van der Waals surface area contributed by atoms with Crippen LogP contribution in [-0.4, -0.2) is 25.0 Å². The van der Waals surface area contributed by atoms with Gasteiger partial charge in [-0.05, 0) is 50.2 Å². The molecule has 1 aromatic heterocycles. The number of rotatable bonds is 7. The highest BCUT2D eigenvalue weighted by Crippen LogP contribution is 2.22. The maximum atomic E-state index is 12.4. The Morgan fingerprint density at radius 2 is 1.63 bits per heavy atom. The van der Waals surface area contributed by atoms with Gasteiger partial charge in [-0.2, -0.15) is 4.98 Å². The molecule has 0 aliphatic heterocycles. The van der Waals surface area contributed by atoms with Crippen molar-refractivity contribution in [2.75, 3.05) is 16.6 Å². The molecule has 0 amide bonds. The van der Waals surface area contributed by atoms with Crippen LogP contribution >= 0.6 is 0 Å². The van der Waals surface area contributed by atoms with Crippen LogP contribution < -0.4 is 14.8 Å². The molecule has 0 saturated heterocycles. The normalized spacial score (nSPS) is 11.0. The predicted octanol–water partition coefficient (Wildman–Crippen LogP) is 3.73. The van der Waals surface area contributed by atoms with Gasteiger partial charge in [0.05, 0.1) is 11.5 Å². The fourth-order valence-corrected chi connectivity index (χ4v) is 3.49. The first-order chi connectivity index (χ1) is 13.0. The molecule has 0 aliphatic carbocycles. The fourth-order valence-electron chi connectivity index (χ4n) is 2.41. The lowest BCUT2D eigenvalue weighted by Gasteiger charge is -2.11. The molecular weight excluding hydrogens is 364 g/mol. The van der Waals surface area contributed by atoms with E-state index in [9.17, 15) is 8.42 Å². The van der Waals surface area contributed by atoms with E-state index in [4.69, 9.17) is 4.74 Å². The van der Waals surface area contributed by atoms with Crippen molar-refractivity contribution in [2.45, 2.75) is 18.7 Å². The summed E-state index contributed by atoms with van der Waals surface area (Å²) in [4.78, 5) is 8.73. The highest BCUT2D eigenvalue weighted by Gasteiger charge is 2.13. The minimum absolute atomic E-state index is 0.215. The topological polar surface area (TPSA) is 93.2 Å². The monoisotopic (exact) mass is 384 g/mol. The van der Waals surface area contributed by atoms with E-state index in [-0.39, 0.29) is 4.90 Å². The Hall–Kier alpha value is -3.13. The fraction of sp³-hybridized carbons (Fsp3) is 0.158. The summed E-state index contributed by atoms with van der Waals surface area (Å²) in [6, 6.07) is 16.8. The molecule has 3 rings (SSSR count). The van der Waals surface area contributed by atoms with Gasteiger partial charge in [0.25, 0.3) is 10.0 Å². The third-order valence-corrected chi connectivity index (χ3v) is 4.97. The molecule has 2 aromatic carbocycles. The van der Waals surface area contributed by atoms with Gasteiger partial charge >= 0.3 is 0 Å². The number of nitrogens with zero attached hydrogens (tertiary/aromatic N) is 2. The van der Waals surface area contributed by atoms with Crippen LogP contribution in [0.4, 0.5) is 17.2 Å². The van der Waals surface area contributed by atoms with Gasteiger partial charge in [0.15, 0.2) is 0 Å². The van der Waals surface area contributed by atoms with E-state index in [1.807, 2.05) is 6.92 Å². The van der Waals surface area contributed by atoms with Crippen molar-refractivity contribution in [3.8, 4) is 5.88 Å². The molecule has 7 nitrogen and oxygen atoms in total. The van der Waals surface area contributed by atoms with E-state index in [0.717, 1.165) is 5.69 Å². The summed E-state index contributed by atoms with van der Waals surface area (Å²) in [6.07, 6.45) is 0. The maximum Gasteiger partial charge on any atom is 0.261 e. The molecule has 0 aliphatic rings. The largest absolute Gasteiger partial charge is 0.478 e. The molecule has 0 spiro atoms. The third kappa shape index (κ3) is 4.95. The van der Waals surface area contributed by atoms with E-state index < -0.39 is 10.0 Å². The lowest BCUT2D eigenvalue weighted by atomic mass is 10.3.